The second-order valence-electron chi connectivity index (χ2n) is 7.46. The van der Waals surface area contributed by atoms with Crippen molar-refractivity contribution >= 4 is 40.9 Å². The van der Waals surface area contributed by atoms with Gasteiger partial charge in [0.2, 0.25) is 5.91 Å². The minimum Gasteiger partial charge on any atom is -0.497 e. The SMILES string of the molecule is C=CCn1c(SCC(=O)Nc2ccc(Cl)cc2C)nnc1[C@H](C)NC(=O)c1ccc(OC)cc1. The van der Waals surface area contributed by atoms with Gasteiger partial charge in [0.05, 0.1) is 18.9 Å². The third kappa shape index (κ3) is 6.39. The molecule has 2 aromatic carbocycles. The lowest BCUT2D eigenvalue weighted by atomic mass is 10.2. The van der Waals surface area contributed by atoms with E-state index < -0.39 is 6.04 Å². The maximum absolute atomic E-state index is 12.6. The molecule has 0 bridgehead atoms. The fourth-order valence-electron chi connectivity index (χ4n) is 3.20. The van der Waals surface area contributed by atoms with Crippen LogP contribution in [0.2, 0.25) is 5.02 Å². The van der Waals surface area contributed by atoms with Gasteiger partial charge in [-0.3, -0.25) is 9.59 Å². The molecule has 0 saturated heterocycles. The highest BCUT2D eigenvalue weighted by molar-refractivity contribution is 7.99. The zero-order chi connectivity index (χ0) is 24.7. The zero-order valence-electron chi connectivity index (χ0n) is 19.2. The number of allylic oxidation sites excluding steroid dienone is 1. The highest BCUT2D eigenvalue weighted by Gasteiger charge is 2.20. The minimum atomic E-state index is -0.415. The van der Waals surface area contributed by atoms with Crippen molar-refractivity contribution in [1.82, 2.24) is 20.1 Å². The average molecular weight is 500 g/mol. The van der Waals surface area contributed by atoms with Gasteiger partial charge in [0.15, 0.2) is 11.0 Å². The summed E-state index contributed by atoms with van der Waals surface area (Å²) >= 11 is 7.23. The van der Waals surface area contributed by atoms with Crippen LogP contribution in [-0.4, -0.2) is 39.4 Å². The summed E-state index contributed by atoms with van der Waals surface area (Å²) in [6.07, 6.45) is 1.71. The molecule has 3 aromatic rings. The molecule has 8 nitrogen and oxygen atoms in total. The van der Waals surface area contributed by atoms with Gasteiger partial charge in [-0.25, -0.2) is 0 Å². The number of methoxy groups -OCH3 is 1. The second-order valence-corrected chi connectivity index (χ2v) is 8.84. The van der Waals surface area contributed by atoms with Gasteiger partial charge in [-0.2, -0.15) is 0 Å². The Hall–Kier alpha value is -3.30. The van der Waals surface area contributed by atoms with E-state index >= 15 is 0 Å². The maximum Gasteiger partial charge on any atom is 0.251 e. The molecule has 0 unspecified atom stereocenters. The number of ether oxygens (including phenoxy) is 1. The Bertz CT molecular complexity index is 1180. The number of hydrogen-bond acceptors (Lipinski definition) is 6. The van der Waals surface area contributed by atoms with Crippen LogP contribution in [0.5, 0.6) is 5.75 Å². The number of nitrogens with zero attached hydrogens (tertiary/aromatic N) is 3. The number of benzene rings is 2. The Morgan fingerprint density at radius 3 is 2.62 bits per heavy atom. The smallest absolute Gasteiger partial charge is 0.251 e. The molecular weight excluding hydrogens is 474 g/mol. The number of amides is 2. The van der Waals surface area contributed by atoms with E-state index in [2.05, 4.69) is 27.4 Å². The number of rotatable bonds is 10. The summed E-state index contributed by atoms with van der Waals surface area (Å²) in [6, 6.07) is 11.7. The van der Waals surface area contributed by atoms with Crippen molar-refractivity contribution in [2.24, 2.45) is 0 Å². The highest BCUT2D eigenvalue weighted by Crippen LogP contribution is 2.23. The molecular formula is C24H26ClN5O3S. The number of carbonyl (C=O) groups is 2. The van der Waals surface area contributed by atoms with Crippen LogP contribution >= 0.6 is 23.4 Å². The van der Waals surface area contributed by atoms with Crippen molar-refractivity contribution in [2.45, 2.75) is 31.6 Å². The summed E-state index contributed by atoms with van der Waals surface area (Å²) in [4.78, 5) is 25.1. The molecule has 0 aliphatic rings. The standard InChI is InChI=1S/C24H26ClN5O3S/c1-5-12-30-22(16(3)26-23(32)17-6-9-19(33-4)10-7-17)28-29-24(30)34-14-21(31)27-20-11-8-18(25)13-15(20)2/h5-11,13,16H,1,12,14H2,2-4H3,(H,26,32)(H,27,31)/t16-/m0/s1. The predicted molar refractivity (Wildman–Crippen MR) is 135 cm³/mol. The number of carbonyl (C=O) groups excluding carboxylic acids is 2. The summed E-state index contributed by atoms with van der Waals surface area (Å²) in [7, 11) is 1.57. The molecule has 3 rings (SSSR count). The molecule has 178 valence electrons. The molecule has 34 heavy (non-hydrogen) atoms. The molecule has 1 atom stereocenters. The lowest BCUT2D eigenvalue weighted by Crippen LogP contribution is -2.28. The summed E-state index contributed by atoms with van der Waals surface area (Å²) in [5, 5.41) is 15.5. The van der Waals surface area contributed by atoms with Gasteiger partial charge in [0.25, 0.3) is 5.91 Å². The zero-order valence-corrected chi connectivity index (χ0v) is 20.7. The van der Waals surface area contributed by atoms with Gasteiger partial charge in [-0.1, -0.05) is 29.4 Å². The van der Waals surface area contributed by atoms with Crippen molar-refractivity contribution in [2.75, 3.05) is 18.2 Å². The quantitative estimate of drug-likeness (QED) is 0.311. The van der Waals surface area contributed by atoms with Crippen LogP contribution < -0.4 is 15.4 Å². The minimum absolute atomic E-state index is 0.143. The summed E-state index contributed by atoms with van der Waals surface area (Å²) < 4.78 is 6.96. The van der Waals surface area contributed by atoms with Crippen molar-refractivity contribution in [3.63, 3.8) is 0 Å². The third-order valence-corrected chi connectivity index (χ3v) is 6.14. The number of aryl methyl sites for hydroxylation is 1. The monoisotopic (exact) mass is 499 g/mol. The van der Waals surface area contributed by atoms with Crippen LogP contribution in [0, 0.1) is 6.92 Å². The van der Waals surface area contributed by atoms with E-state index in [-0.39, 0.29) is 17.6 Å². The van der Waals surface area contributed by atoms with Gasteiger partial charge in [0, 0.05) is 22.8 Å². The molecule has 0 fully saturated rings. The molecule has 2 N–H and O–H groups in total. The Kier molecular flexibility index (Phi) is 8.72. The fraction of sp³-hybridized carbons (Fsp3) is 0.250. The maximum atomic E-state index is 12.6. The first-order valence-electron chi connectivity index (χ1n) is 10.5. The number of thioether (sulfide) groups is 1. The van der Waals surface area contributed by atoms with Crippen LogP contribution in [0.3, 0.4) is 0 Å². The Balaban J connectivity index is 1.66. The van der Waals surface area contributed by atoms with Gasteiger partial charge in [0.1, 0.15) is 5.75 Å². The predicted octanol–water partition coefficient (Wildman–Crippen LogP) is 4.66. The number of hydrogen-bond donors (Lipinski definition) is 2. The van der Waals surface area contributed by atoms with Crippen molar-refractivity contribution in [1.29, 1.82) is 0 Å². The van der Waals surface area contributed by atoms with Gasteiger partial charge in [-0.15, -0.1) is 16.8 Å². The Labute approximate surface area is 207 Å². The Morgan fingerprint density at radius 1 is 1.24 bits per heavy atom. The highest BCUT2D eigenvalue weighted by atomic mass is 35.5. The first-order chi connectivity index (χ1) is 16.3. The van der Waals surface area contributed by atoms with Crippen LogP contribution in [0.25, 0.3) is 0 Å². The molecule has 0 spiro atoms. The lowest BCUT2D eigenvalue weighted by molar-refractivity contribution is -0.113. The molecule has 0 saturated carbocycles. The largest absolute Gasteiger partial charge is 0.497 e. The van der Waals surface area contributed by atoms with Crippen LogP contribution in [-0.2, 0) is 11.3 Å². The number of nitrogens with one attached hydrogen (secondary N) is 2. The van der Waals surface area contributed by atoms with E-state index in [1.165, 1.54) is 11.8 Å². The number of halogens is 1. The average Bonchev–Trinajstić information content (AvgIpc) is 3.22. The third-order valence-electron chi connectivity index (χ3n) is 4.94. The second kappa shape index (κ2) is 11.7. The normalized spacial score (nSPS) is 11.5. The molecule has 0 radical (unpaired) electrons. The molecule has 1 aromatic heterocycles. The Morgan fingerprint density at radius 2 is 1.97 bits per heavy atom. The first-order valence-corrected chi connectivity index (χ1v) is 11.9. The summed E-state index contributed by atoms with van der Waals surface area (Å²) in [6.45, 7) is 7.94. The van der Waals surface area contributed by atoms with E-state index in [0.29, 0.717) is 39.5 Å². The van der Waals surface area contributed by atoms with Crippen molar-refractivity contribution in [3.05, 3.63) is 77.1 Å². The van der Waals surface area contributed by atoms with Crippen molar-refractivity contribution < 1.29 is 14.3 Å². The molecule has 0 aliphatic heterocycles. The van der Waals surface area contributed by atoms with Crippen LogP contribution in [0.1, 0.15) is 34.7 Å². The summed E-state index contributed by atoms with van der Waals surface area (Å²) in [5.74, 6) is 0.968. The molecule has 2 amide bonds. The van der Waals surface area contributed by atoms with Crippen molar-refractivity contribution in [3.8, 4) is 5.75 Å². The molecule has 10 heteroatoms. The lowest BCUT2D eigenvalue weighted by Gasteiger charge is -2.15. The fourth-order valence-corrected chi connectivity index (χ4v) is 4.18. The van der Waals surface area contributed by atoms with Gasteiger partial charge >= 0.3 is 0 Å². The number of aromatic nitrogens is 3. The number of anilines is 1. The van der Waals surface area contributed by atoms with Crippen LogP contribution in [0.15, 0.2) is 60.3 Å². The van der Waals surface area contributed by atoms with Crippen LogP contribution in [0.4, 0.5) is 5.69 Å². The van der Waals surface area contributed by atoms with E-state index in [0.717, 1.165) is 5.56 Å². The van der Waals surface area contributed by atoms with E-state index in [4.69, 9.17) is 16.3 Å². The molecule has 1 heterocycles. The van der Waals surface area contributed by atoms with E-state index in [9.17, 15) is 9.59 Å². The topological polar surface area (TPSA) is 98.1 Å². The van der Waals surface area contributed by atoms with Gasteiger partial charge < -0.3 is 19.9 Å². The molecule has 0 aliphatic carbocycles. The van der Waals surface area contributed by atoms with E-state index in [1.54, 1.807) is 55.7 Å². The van der Waals surface area contributed by atoms with E-state index in [1.807, 2.05) is 18.4 Å². The van der Waals surface area contributed by atoms with Gasteiger partial charge in [-0.05, 0) is 61.9 Å². The first kappa shape index (κ1) is 25.3. The summed E-state index contributed by atoms with van der Waals surface area (Å²) in [5.41, 5.74) is 2.09.